The van der Waals surface area contributed by atoms with Crippen molar-refractivity contribution in [3.63, 3.8) is 0 Å². The molecule has 4 rings (SSSR count). The second-order valence-corrected chi connectivity index (χ2v) is 8.13. The fourth-order valence-electron chi connectivity index (χ4n) is 3.94. The summed E-state index contributed by atoms with van der Waals surface area (Å²) in [5.74, 6) is 2.54. The SMILES string of the molecule is Cc1cc(C(=O)N2CCC(c3nnc(CN(C)C)n3C3CC3)CC2)nc(N)n1. The number of nitrogens with two attached hydrogens (primary N) is 1. The zero-order valence-corrected chi connectivity index (χ0v) is 16.8. The summed E-state index contributed by atoms with van der Waals surface area (Å²) in [5.41, 5.74) is 6.78. The molecule has 2 fully saturated rings. The summed E-state index contributed by atoms with van der Waals surface area (Å²) in [6.07, 6.45) is 4.19. The lowest BCUT2D eigenvalue weighted by Crippen LogP contribution is -2.39. The van der Waals surface area contributed by atoms with Crippen LogP contribution < -0.4 is 5.73 Å². The Morgan fingerprint density at radius 2 is 1.89 bits per heavy atom. The van der Waals surface area contributed by atoms with E-state index in [1.54, 1.807) is 6.07 Å². The first kappa shape index (κ1) is 18.8. The van der Waals surface area contributed by atoms with Crippen molar-refractivity contribution >= 4 is 11.9 Å². The zero-order chi connectivity index (χ0) is 19.8. The van der Waals surface area contributed by atoms with Gasteiger partial charge in [0.1, 0.15) is 17.3 Å². The van der Waals surface area contributed by atoms with Crippen LogP contribution in [0.5, 0.6) is 0 Å². The minimum Gasteiger partial charge on any atom is -0.368 e. The van der Waals surface area contributed by atoms with Crippen LogP contribution in [-0.2, 0) is 6.54 Å². The predicted octanol–water partition coefficient (Wildman–Crippen LogP) is 1.38. The van der Waals surface area contributed by atoms with Gasteiger partial charge in [-0.25, -0.2) is 9.97 Å². The number of aryl methyl sites for hydroxylation is 1. The average Bonchev–Trinajstić information content (AvgIpc) is 3.41. The van der Waals surface area contributed by atoms with Gasteiger partial charge in [0.15, 0.2) is 0 Å². The van der Waals surface area contributed by atoms with Gasteiger partial charge < -0.3 is 20.1 Å². The molecular formula is C19H28N8O. The molecule has 1 amide bonds. The number of likely N-dealkylation sites (tertiary alicyclic amines) is 1. The number of nitrogens with zero attached hydrogens (tertiary/aromatic N) is 7. The third kappa shape index (κ3) is 3.84. The molecule has 150 valence electrons. The lowest BCUT2D eigenvalue weighted by molar-refractivity contribution is 0.0704. The van der Waals surface area contributed by atoms with Crippen LogP contribution in [0.25, 0.3) is 0 Å². The second kappa shape index (κ2) is 7.46. The van der Waals surface area contributed by atoms with E-state index < -0.39 is 0 Å². The first-order valence-corrected chi connectivity index (χ1v) is 9.91. The molecule has 0 radical (unpaired) electrons. The highest BCUT2D eigenvalue weighted by Gasteiger charge is 2.34. The van der Waals surface area contributed by atoms with Crippen molar-refractivity contribution in [2.75, 3.05) is 32.9 Å². The number of piperidine rings is 1. The van der Waals surface area contributed by atoms with Crippen molar-refractivity contribution in [2.24, 2.45) is 0 Å². The third-order valence-corrected chi connectivity index (χ3v) is 5.40. The highest BCUT2D eigenvalue weighted by Crippen LogP contribution is 2.40. The van der Waals surface area contributed by atoms with Crippen molar-refractivity contribution in [1.82, 2.24) is 34.5 Å². The van der Waals surface area contributed by atoms with E-state index in [1.807, 2.05) is 11.8 Å². The molecule has 0 atom stereocenters. The number of rotatable bonds is 5. The number of anilines is 1. The summed E-state index contributed by atoms with van der Waals surface area (Å²) in [6, 6.07) is 2.24. The molecule has 1 saturated carbocycles. The summed E-state index contributed by atoms with van der Waals surface area (Å²) < 4.78 is 2.36. The van der Waals surface area contributed by atoms with Crippen LogP contribution in [0.2, 0.25) is 0 Å². The summed E-state index contributed by atoms with van der Waals surface area (Å²) in [4.78, 5) is 24.9. The van der Waals surface area contributed by atoms with Crippen LogP contribution in [0.15, 0.2) is 6.07 Å². The molecule has 2 aromatic heterocycles. The first-order chi connectivity index (χ1) is 13.4. The Bertz CT molecular complexity index is 845. The Kier molecular flexibility index (Phi) is 5.01. The van der Waals surface area contributed by atoms with Gasteiger partial charge in [0, 0.05) is 30.7 Å². The molecule has 0 aromatic carbocycles. The zero-order valence-electron chi connectivity index (χ0n) is 16.8. The van der Waals surface area contributed by atoms with E-state index in [2.05, 4.69) is 43.7 Å². The quantitative estimate of drug-likeness (QED) is 0.830. The van der Waals surface area contributed by atoms with E-state index in [4.69, 9.17) is 5.73 Å². The maximum Gasteiger partial charge on any atom is 0.272 e. The van der Waals surface area contributed by atoms with E-state index in [0.29, 0.717) is 36.4 Å². The Morgan fingerprint density at radius 3 is 2.50 bits per heavy atom. The summed E-state index contributed by atoms with van der Waals surface area (Å²) in [5, 5.41) is 9.02. The average molecular weight is 384 g/mol. The normalized spacial score (nSPS) is 18.1. The molecule has 2 aromatic rings. The highest BCUT2D eigenvalue weighted by atomic mass is 16.2. The van der Waals surface area contributed by atoms with Crippen LogP contribution in [0, 0.1) is 6.92 Å². The largest absolute Gasteiger partial charge is 0.368 e. The van der Waals surface area contributed by atoms with Crippen LogP contribution >= 0.6 is 0 Å². The van der Waals surface area contributed by atoms with Crippen molar-refractivity contribution < 1.29 is 4.79 Å². The fourth-order valence-corrected chi connectivity index (χ4v) is 3.94. The first-order valence-electron chi connectivity index (χ1n) is 9.91. The number of aromatic nitrogens is 5. The van der Waals surface area contributed by atoms with E-state index in [0.717, 1.165) is 31.0 Å². The number of nitrogen functional groups attached to an aromatic ring is 1. The Balaban J connectivity index is 1.46. The monoisotopic (exact) mass is 384 g/mol. The molecule has 9 heteroatoms. The van der Waals surface area contributed by atoms with Gasteiger partial charge in [0.25, 0.3) is 5.91 Å². The van der Waals surface area contributed by atoms with Gasteiger partial charge in [-0.15, -0.1) is 10.2 Å². The molecule has 0 bridgehead atoms. The number of amides is 1. The number of carbonyl (C=O) groups excluding carboxylic acids is 1. The molecule has 3 heterocycles. The number of hydrogen-bond acceptors (Lipinski definition) is 7. The smallest absolute Gasteiger partial charge is 0.272 e. The molecule has 9 nitrogen and oxygen atoms in total. The van der Waals surface area contributed by atoms with Crippen LogP contribution in [0.3, 0.4) is 0 Å². The summed E-state index contributed by atoms with van der Waals surface area (Å²) >= 11 is 0. The van der Waals surface area contributed by atoms with Gasteiger partial charge in [-0.3, -0.25) is 4.79 Å². The minimum atomic E-state index is -0.0763. The van der Waals surface area contributed by atoms with E-state index in [9.17, 15) is 4.79 Å². The van der Waals surface area contributed by atoms with Gasteiger partial charge >= 0.3 is 0 Å². The standard InChI is InChI=1S/C19H28N8O/c1-12-10-15(22-19(20)21-12)18(28)26-8-6-13(7-9-26)17-24-23-16(11-25(2)3)27(17)14-4-5-14/h10,13-14H,4-9,11H2,1-3H3,(H2,20,21,22). The lowest BCUT2D eigenvalue weighted by Gasteiger charge is -2.31. The van der Waals surface area contributed by atoms with Crippen LogP contribution in [0.4, 0.5) is 5.95 Å². The predicted molar refractivity (Wildman–Crippen MR) is 105 cm³/mol. The molecule has 0 spiro atoms. The van der Waals surface area contributed by atoms with Gasteiger partial charge in [0.05, 0.1) is 6.54 Å². The molecule has 1 saturated heterocycles. The Labute approximate surface area is 165 Å². The van der Waals surface area contributed by atoms with Crippen molar-refractivity contribution in [3.8, 4) is 0 Å². The number of hydrogen-bond donors (Lipinski definition) is 1. The van der Waals surface area contributed by atoms with Crippen molar-refractivity contribution in [1.29, 1.82) is 0 Å². The maximum absolute atomic E-state index is 12.8. The molecule has 2 N–H and O–H groups in total. The molecular weight excluding hydrogens is 356 g/mol. The maximum atomic E-state index is 12.8. The molecule has 1 aliphatic heterocycles. The van der Waals surface area contributed by atoms with Crippen molar-refractivity contribution in [3.05, 3.63) is 29.1 Å². The van der Waals surface area contributed by atoms with E-state index in [-0.39, 0.29) is 11.9 Å². The van der Waals surface area contributed by atoms with E-state index in [1.165, 1.54) is 12.8 Å². The third-order valence-electron chi connectivity index (χ3n) is 5.40. The van der Waals surface area contributed by atoms with Gasteiger partial charge in [-0.05, 0) is 52.8 Å². The second-order valence-electron chi connectivity index (χ2n) is 8.13. The number of carbonyl (C=O) groups is 1. The van der Waals surface area contributed by atoms with Crippen LogP contribution in [-0.4, -0.2) is 67.6 Å². The fraction of sp³-hybridized carbons (Fsp3) is 0.632. The molecule has 28 heavy (non-hydrogen) atoms. The molecule has 2 aliphatic rings. The van der Waals surface area contributed by atoms with Crippen molar-refractivity contribution in [2.45, 2.75) is 51.1 Å². The van der Waals surface area contributed by atoms with Gasteiger partial charge in [-0.1, -0.05) is 0 Å². The van der Waals surface area contributed by atoms with Crippen LogP contribution in [0.1, 0.15) is 65.5 Å². The van der Waals surface area contributed by atoms with Gasteiger partial charge in [0.2, 0.25) is 5.95 Å². The summed E-state index contributed by atoms with van der Waals surface area (Å²) in [6.45, 7) is 3.99. The Hall–Kier alpha value is -2.55. The highest BCUT2D eigenvalue weighted by molar-refractivity contribution is 5.92. The molecule has 1 aliphatic carbocycles. The Morgan fingerprint density at radius 1 is 1.18 bits per heavy atom. The van der Waals surface area contributed by atoms with Gasteiger partial charge in [-0.2, -0.15) is 0 Å². The topological polar surface area (TPSA) is 106 Å². The molecule has 0 unspecified atom stereocenters. The van der Waals surface area contributed by atoms with E-state index >= 15 is 0 Å². The minimum absolute atomic E-state index is 0.0763. The summed E-state index contributed by atoms with van der Waals surface area (Å²) in [7, 11) is 4.11. The lowest BCUT2D eigenvalue weighted by atomic mass is 9.95.